The van der Waals surface area contributed by atoms with E-state index < -0.39 is 5.91 Å². The topological polar surface area (TPSA) is 75.7 Å². The van der Waals surface area contributed by atoms with Crippen LogP contribution in [0.5, 0.6) is 0 Å². The first-order valence-electron chi connectivity index (χ1n) is 5.04. The summed E-state index contributed by atoms with van der Waals surface area (Å²) in [6, 6.07) is 7.19. The number of aliphatic imine (C=N–C) groups is 1. The number of primary amides is 1. The van der Waals surface area contributed by atoms with Crippen LogP contribution in [0.2, 0.25) is 0 Å². The second kappa shape index (κ2) is 3.81. The number of nitrogens with zero attached hydrogens (tertiary/aromatic N) is 1. The third-order valence-corrected chi connectivity index (χ3v) is 2.47. The Morgan fingerprint density at radius 1 is 1.38 bits per heavy atom. The number of carbonyl (C=O) groups is 1. The van der Waals surface area contributed by atoms with E-state index in [0.717, 1.165) is 5.56 Å². The molecule has 0 heterocycles. The van der Waals surface area contributed by atoms with Crippen molar-refractivity contribution in [1.29, 1.82) is 0 Å². The highest BCUT2D eigenvalue weighted by Gasteiger charge is 2.30. The Hall–Kier alpha value is -2.10. The molecular weight excluding hydrogens is 204 g/mol. The van der Waals surface area contributed by atoms with Gasteiger partial charge in [-0.15, -0.1) is 0 Å². The smallest absolute Gasteiger partial charge is 0.254 e. The lowest BCUT2D eigenvalue weighted by molar-refractivity contribution is -0.114. The molecule has 0 spiro atoms. The van der Waals surface area contributed by atoms with Crippen molar-refractivity contribution < 1.29 is 9.90 Å². The van der Waals surface area contributed by atoms with Crippen LogP contribution in [-0.4, -0.2) is 23.3 Å². The minimum Gasteiger partial charge on any atom is -0.506 e. The van der Waals surface area contributed by atoms with Gasteiger partial charge in [0.05, 0.1) is 5.71 Å². The fraction of sp³-hybridized carbons (Fsp3) is 0.167. The Labute approximate surface area is 93.1 Å². The number of amides is 1. The number of carbonyl (C=O) groups excluding carboxylic acids is 1. The first kappa shape index (κ1) is 10.4. The summed E-state index contributed by atoms with van der Waals surface area (Å²) in [5.41, 5.74) is 7.23. The molecule has 1 aromatic carbocycles. The van der Waals surface area contributed by atoms with Crippen LogP contribution in [0.3, 0.4) is 0 Å². The SMILES string of the molecule is CCN=C1C(C(N)=O)=C(O)c2ccccc21. The van der Waals surface area contributed by atoms with Gasteiger partial charge in [-0.05, 0) is 6.92 Å². The van der Waals surface area contributed by atoms with Gasteiger partial charge < -0.3 is 10.8 Å². The number of aliphatic hydroxyl groups excluding tert-OH is 1. The monoisotopic (exact) mass is 216 g/mol. The van der Waals surface area contributed by atoms with Crippen molar-refractivity contribution in [2.24, 2.45) is 10.7 Å². The number of rotatable bonds is 2. The minimum atomic E-state index is -0.652. The summed E-state index contributed by atoms with van der Waals surface area (Å²) in [5, 5.41) is 9.91. The molecule has 2 rings (SSSR count). The van der Waals surface area contributed by atoms with E-state index in [0.29, 0.717) is 17.8 Å². The Bertz CT molecular complexity index is 516. The van der Waals surface area contributed by atoms with Crippen molar-refractivity contribution in [3.63, 3.8) is 0 Å². The lowest BCUT2D eigenvalue weighted by atomic mass is 10.1. The number of nitrogens with two attached hydrogens (primary N) is 1. The molecule has 4 nitrogen and oxygen atoms in total. The maximum atomic E-state index is 11.3. The van der Waals surface area contributed by atoms with Crippen LogP contribution in [0.15, 0.2) is 34.8 Å². The standard InChI is InChI=1S/C12H12N2O2/c1-2-14-10-7-5-3-4-6-8(7)11(15)9(10)12(13)16/h3-6,15H,2H2,1H3,(H2,13,16). The Balaban J connectivity index is 2.69. The van der Waals surface area contributed by atoms with Crippen LogP contribution < -0.4 is 5.73 Å². The average Bonchev–Trinajstić information content (AvgIpc) is 2.54. The van der Waals surface area contributed by atoms with E-state index in [1.54, 1.807) is 12.1 Å². The third-order valence-electron chi connectivity index (χ3n) is 2.47. The zero-order chi connectivity index (χ0) is 11.7. The van der Waals surface area contributed by atoms with Crippen molar-refractivity contribution in [2.45, 2.75) is 6.92 Å². The normalized spacial score (nSPS) is 16.7. The molecule has 0 aromatic heterocycles. The maximum Gasteiger partial charge on any atom is 0.254 e. The van der Waals surface area contributed by atoms with E-state index in [1.165, 1.54) is 0 Å². The second-order valence-electron chi connectivity index (χ2n) is 3.46. The summed E-state index contributed by atoms with van der Waals surface area (Å²) in [7, 11) is 0. The average molecular weight is 216 g/mol. The first-order valence-corrected chi connectivity index (χ1v) is 5.04. The van der Waals surface area contributed by atoms with Gasteiger partial charge in [0.2, 0.25) is 0 Å². The molecule has 0 bridgehead atoms. The van der Waals surface area contributed by atoms with Crippen molar-refractivity contribution in [3.8, 4) is 0 Å². The number of hydrogen-bond acceptors (Lipinski definition) is 3. The number of aliphatic hydroxyl groups is 1. The molecule has 4 heteroatoms. The summed E-state index contributed by atoms with van der Waals surface area (Å²) in [6.07, 6.45) is 0. The molecule has 0 unspecified atom stereocenters. The van der Waals surface area contributed by atoms with Gasteiger partial charge in [-0.3, -0.25) is 9.79 Å². The third kappa shape index (κ3) is 1.39. The molecule has 0 fully saturated rings. The van der Waals surface area contributed by atoms with Gasteiger partial charge >= 0.3 is 0 Å². The molecule has 16 heavy (non-hydrogen) atoms. The van der Waals surface area contributed by atoms with Gasteiger partial charge in [0.15, 0.2) is 0 Å². The number of fused-ring (bicyclic) bond motifs is 1. The largest absolute Gasteiger partial charge is 0.506 e. The van der Waals surface area contributed by atoms with Crippen LogP contribution in [0, 0.1) is 0 Å². The van der Waals surface area contributed by atoms with Crippen LogP contribution in [0.1, 0.15) is 18.1 Å². The summed E-state index contributed by atoms with van der Waals surface area (Å²) in [4.78, 5) is 15.5. The Kier molecular flexibility index (Phi) is 2.48. The molecule has 3 N–H and O–H groups in total. The summed E-state index contributed by atoms with van der Waals surface area (Å²) >= 11 is 0. The van der Waals surface area contributed by atoms with E-state index in [2.05, 4.69) is 4.99 Å². The predicted octanol–water partition coefficient (Wildman–Crippen LogP) is 1.26. The van der Waals surface area contributed by atoms with Crippen LogP contribution in [0.25, 0.3) is 5.76 Å². The molecule has 0 saturated heterocycles. The fourth-order valence-corrected chi connectivity index (χ4v) is 1.83. The number of hydrogen-bond donors (Lipinski definition) is 2. The van der Waals surface area contributed by atoms with E-state index in [-0.39, 0.29) is 11.3 Å². The molecule has 1 aliphatic carbocycles. The second-order valence-corrected chi connectivity index (χ2v) is 3.46. The van der Waals surface area contributed by atoms with Crippen LogP contribution in [-0.2, 0) is 4.79 Å². The molecule has 82 valence electrons. The van der Waals surface area contributed by atoms with Gasteiger partial charge in [0.25, 0.3) is 5.91 Å². The summed E-state index contributed by atoms with van der Waals surface area (Å²) in [5.74, 6) is -0.726. The molecule has 1 aliphatic rings. The van der Waals surface area contributed by atoms with Crippen LogP contribution in [0.4, 0.5) is 0 Å². The van der Waals surface area contributed by atoms with Gasteiger partial charge in [0.1, 0.15) is 11.3 Å². The molecule has 0 radical (unpaired) electrons. The summed E-state index contributed by atoms with van der Waals surface area (Å²) < 4.78 is 0. The van der Waals surface area contributed by atoms with Gasteiger partial charge in [-0.1, -0.05) is 24.3 Å². The lowest BCUT2D eigenvalue weighted by Crippen LogP contribution is -2.20. The quantitative estimate of drug-likeness (QED) is 0.780. The Morgan fingerprint density at radius 3 is 2.56 bits per heavy atom. The molecular formula is C12H12N2O2. The molecule has 0 atom stereocenters. The molecule has 0 aliphatic heterocycles. The first-order chi connectivity index (χ1) is 7.66. The van der Waals surface area contributed by atoms with E-state index >= 15 is 0 Å². The zero-order valence-corrected chi connectivity index (χ0v) is 8.90. The minimum absolute atomic E-state index is 0.0738. The highest BCUT2D eigenvalue weighted by atomic mass is 16.3. The van der Waals surface area contributed by atoms with Gasteiger partial charge in [-0.25, -0.2) is 0 Å². The zero-order valence-electron chi connectivity index (χ0n) is 8.90. The van der Waals surface area contributed by atoms with E-state index in [4.69, 9.17) is 5.73 Å². The highest BCUT2D eigenvalue weighted by Crippen LogP contribution is 2.31. The fourth-order valence-electron chi connectivity index (χ4n) is 1.83. The number of benzene rings is 1. The lowest BCUT2D eigenvalue weighted by Gasteiger charge is -2.01. The molecule has 1 aromatic rings. The Morgan fingerprint density at radius 2 is 2.00 bits per heavy atom. The van der Waals surface area contributed by atoms with Crippen molar-refractivity contribution in [1.82, 2.24) is 0 Å². The van der Waals surface area contributed by atoms with Crippen molar-refractivity contribution >= 4 is 17.4 Å². The maximum absolute atomic E-state index is 11.3. The summed E-state index contributed by atoms with van der Waals surface area (Å²) in [6.45, 7) is 2.40. The molecule has 1 amide bonds. The van der Waals surface area contributed by atoms with Crippen molar-refractivity contribution in [3.05, 3.63) is 41.0 Å². The molecule has 0 saturated carbocycles. The highest BCUT2D eigenvalue weighted by molar-refractivity contribution is 6.35. The van der Waals surface area contributed by atoms with E-state index in [1.807, 2.05) is 19.1 Å². The predicted molar refractivity (Wildman–Crippen MR) is 62.3 cm³/mol. The van der Waals surface area contributed by atoms with E-state index in [9.17, 15) is 9.90 Å². The van der Waals surface area contributed by atoms with Gasteiger partial charge in [-0.2, -0.15) is 0 Å². The van der Waals surface area contributed by atoms with Crippen LogP contribution >= 0.6 is 0 Å². The van der Waals surface area contributed by atoms with Crippen molar-refractivity contribution in [2.75, 3.05) is 6.54 Å². The van der Waals surface area contributed by atoms with Gasteiger partial charge in [0, 0.05) is 17.7 Å².